The van der Waals surface area contributed by atoms with Crippen molar-refractivity contribution in [2.45, 2.75) is 63.5 Å². The SMILES string of the molecule is CCC(NC(=O)CC1(O)CCCCC1)c1ccccc1O. The van der Waals surface area contributed by atoms with E-state index in [1.807, 2.05) is 19.1 Å². The summed E-state index contributed by atoms with van der Waals surface area (Å²) >= 11 is 0. The van der Waals surface area contributed by atoms with Gasteiger partial charge in [0.2, 0.25) is 5.91 Å². The molecule has 1 aliphatic carbocycles. The predicted octanol–water partition coefficient (Wildman–Crippen LogP) is 3.04. The van der Waals surface area contributed by atoms with Gasteiger partial charge in [0.15, 0.2) is 0 Å². The molecular formula is C17H25NO3. The normalized spacial score (nSPS) is 19.0. The molecule has 1 amide bonds. The lowest BCUT2D eigenvalue weighted by atomic mass is 9.82. The summed E-state index contributed by atoms with van der Waals surface area (Å²) in [6.07, 6.45) is 5.36. The average Bonchev–Trinajstić information content (AvgIpc) is 2.46. The lowest BCUT2D eigenvalue weighted by molar-refractivity contribution is -0.128. The number of phenols is 1. The number of aromatic hydroxyl groups is 1. The maximum Gasteiger partial charge on any atom is 0.223 e. The number of phenolic OH excluding ortho intramolecular Hbond substituents is 1. The van der Waals surface area contributed by atoms with Crippen molar-refractivity contribution in [1.82, 2.24) is 5.32 Å². The van der Waals surface area contributed by atoms with Gasteiger partial charge in [0, 0.05) is 5.56 Å². The fraction of sp³-hybridized carbons (Fsp3) is 0.588. The van der Waals surface area contributed by atoms with Crippen LogP contribution in [0.5, 0.6) is 5.75 Å². The second kappa shape index (κ2) is 6.94. The molecule has 1 unspecified atom stereocenters. The van der Waals surface area contributed by atoms with Crippen LogP contribution in [0.4, 0.5) is 0 Å². The number of amides is 1. The van der Waals surface area contributed by atoms with Gasteiger partial charge in [-0.3, -0.25) is 4.79 Å². The molecule has 1 atom stereocenters. The highest BCUT2D eigenvalue weighted by Gasteiger charge is 2.32. The molecule has 1 saturated carbocycles. The van der Waals surface area contributed by atoms with E-state index in [1.165, 1.54) is 0 Å². The molecule has 4 nitrogen and oxygen atoms in total. The molecule has 1 aromatic carbocycles. The molecule has 2 rings (SSSR count). The summed E-state index contributed by atoms with van der Waals surface area (Å²) in [5, 5.41) is 23.3. The van der Waals surface area contributed by atoms with Gasteiger partial charge in [-0.1, -0.05) is 44.4 Å². The van der Waals surface area contributed by atoms with Crippen molar-refractivity contribution in [3.8, 4) is 5.75 Å². The molecule has 0 bridgehead atoms. The van der Waals surface area contributed by atoms with Gasteiger partial charge in [-0.2, -0.15) is 0 Å². The zero-order valence-corrected chi connectivity index (χ0v) is 12.6. The van der Waals surface area contributed by atoms with Crippen LogP contribution in [-0.4, -0.2) is 21.7 Å². The third-order valence-corrected chi connectivity index (χ3v) is 4.33. The van der Waals surface area contributed by atoms with E-state index in [1.54, 1.807) is 12.1 Å². The minimum absolute atomic E-state index is 0.144. The van der Waals surface area contributed by atoms with Gasteiger partial charge in [0.1, 0.15) is 5.75 Å². The number of nitrogens with one attached hydrogen (secondary N) is 1. The Bertz CT molecular complexity index is 481. The van der Waals surface area contributed by atoms with E-state index >= 15 is 0 Å². The van der Waals surface area contributed by atoms with Gasteiger partial charge in [0.25, 0.3) is 0 Å². The third-order valence-electron chi connectivity index (χ3n) is 4.33. The van der Waals surface area contributed by atoms with Gasteiger partial charge in [-0.15, -0.1) is 0 Å². The summed E-state index contributed by atoms with van der Waals surface area (Å²) in [5.74, 6) is 0.0514. The number of benzene rings is 1. The zero-order chi connectivity index (χ0) is 15.3. The number of para-hydroxylation sites is 1. The van der Waals surface area contributed by atoms with Gasteiger partial charge in [0.05, 0.1) is 18.1 Å². The standard InChI is InChI=1S/C17H25NO3/c1-2-14(13-8-4-5-9-15(13)19)18-16(20)12-17(21)10-6-3-7-11-17/h4-5,8-9,14,19,21H,2-3,6-7,10-12H2,1H3,(H,18,20). The lowest BCUT2D eigenvalue weighted by Crippen LogP contribution is -2.39. The largest absolute Gasteiger partial charge is 0.508 e. The monoisotopic (exact) mass is 291 g/mol. The molecule has 0 radical (unpaired) electrons. The van der Waals surface area contributed by atoms with E-state index in [2.05, 4.69) is 5.32 Å². The van der Waals surface area contributed by atoms with E-state index in [4.69, 9.17) is 0 Å². The van der Waals surface area contributed by atoms with Crippen molar-refractivity contribution in [3.05, 3.63) is 29.8 Å². The highest BCUT2D eigenvalue weighted by molar-refractivity contribution is 5.77. The van der Waals surface area contributed by atoms with Crippen molar-refractivity contribution >= 4 is 5.91 Å². The Hall–Kier alpha value is -1.55. The van der Waals surface area contributed by atoms with Crippen molar-refractivity contribution in [2.75, 3.05) is 0 Å². The first-order valence-electron chi connectivity index (χ1n) is 7.84. The molecule has 0 aliphatic heterocycles. The molecule has 0 aromatic heterocycles. The summed E-state index contributed by atoms with van der Waals surface area (Å²) in [6, 6.07) is 6.83. The van der Waals surface area contributed by atoms with E-state index in [0.29, 0.717) is 19.3 Å². The van der Waals surface area contributed by atoms with Crippen LogP contribution in [0, 0.1) is 0 Å². The fourth-order valence-electron chi connectivity index (χ4n) is 3.11. The van der Waals surface area contributed by atoms with Crippen LogP contribution < -0.4 is 5.32 Å². The maximum atomic E-state index is 12.2. The summed E-state index contributed by atoms with van der Waals surface area (Å²) < 4.78 is 0. The van der Waals surface area contributed by atoms with E-state index in [-0.39, 0.29) is 24.1 Å². The number of hydrogen-bond acceptors (Lipinski definition) is 3. The molecule has 21 heavy (non-hydrogen) atoms. The van der Waals surface area contributed by atoms with E-state index in [0.717, 1.165) is 24.8 Å². The van der Waals surface area contributed by atoms with Crippen LogP contribution in [0.25, 0.3) is 0 Å². The number of hydrogen-bond donors (Lipinski definition) is 3. The number of aliphatic hydroxyl groups is 1. The van der Waals surface area contributed by atoms with Crippen LogP contribution in [0.3, 0.4) is 0 Å². The minimum Gasteiger partial charge on any atom is -0.508 e. The smallest absolute Gasteiger partial charge is 0.223 e. The van der Waals surface area contributed by atoms with Crippen LogP contribution in [0.1, 0.15) is 63.5 Å². The molecule has 1 fully saturated rings. The third kappa shape index (κ3) is 4.21. The van der Waals surface area contributed by atoms with Crippen LogP contribution in [-0.2, 0) is 4.79 Å². The first-order valence-corrected chi connectivity index (χ1v) is 7.84. The molecule has 0 spiro atoms. The van der Waals surface area contributed by atoms with Crippen molar-refractivity contribution in [2.24, 2.45) is 0 Å². The van der Waals surface area contributed by atoms with Crippen LogP contribution in [0.2, 0.25) is 0 Å². The second-order valence-electron chi connectivity index (χ2n) is 6.05. The fourth-order valence-corrected chi connectivity index (χ4v) is 3.11. The summed E-state index contributed by atoms with van der Waals surface area (Å²) in [5.41, 5.74) is -0.122. The predicted molar refractivity (Wildman–Crippen MR) is 81.9 cm³/mol. The van der Waals surface area contributed by atoms with E-state index in [9.17, 15) is 15.0 Å². The Labute approximate surface area is 126 Å². The summed E-state index contributed by atoms with van der Waals surface area (Å²) in [6.45, 7) is 1.96. The van der Waals surface area contributed by atoms with Crippen LogP contribution in [0.15, 0.2) is 24.3 Å². The van der Waals surface area contributed by atoms with Crippen molar-refractivity contribution < 1.29 is 15.0 Å². The molecule has 0 saturated heterocycles. The Morgan fingerprint density at radius 3 is 2.57 bits per heavy atom. The van der Waals surface area contributed by atoms with Crippen molar-refractivity contribution in [3.63, 3.8) is 0 Å². The second-order valence-corrected chi connectivity index (χ2v) is 6.05. The Balaban J connectivity index is 1.98. The first-order chi connectivity index (χ1) is 10.0. The zero-order valence-electron chi connectivity index (χ0n) is 12.6. The van der Waals surface area contributed by atoms with Crippen molar-refractivity contribution in [1.29, 1.82) is 0 Å². The van der Waals surface area contributed by atoms with Gasteiger partial charge in [-0.25, -0.2) is 0 Å². The molecule has 116 valence electrons. The number of rotatable bonds is 5. The highest BCUT2D eigenvalue weighted by atomic mass is 16.3. The van der Waals surface area contributed by atoms with Crippen LogP contribution >= 0.6 is 0 Å². The Morgan fingerprint density at radius 1 is 1.29 bits per heavy atom. The average molecular weight is 291 g/mol. The maximum absolute atomic E-state index is 12.2. The Kier molecular flexibility index (Phi) is 5.23. The highest BCUT2D eigenvalue weighted by Crippen LogP contribution is 2.31. The lowest BCUT2D eigenvalue weighted by Gasteiger charge is -2.32. The molecule has 4 heteroatoms. The first kappa shape index (κ1) is 15.8. The van der Waals surface area contributed by atoms with Gasteiger partial charge in [-0.05, 0) is 25.3 Å². The van der Waals surface area contributed by atoms with Gasteiger partial charge >= 0.3 is 0 Å². The summed E-state index contributed by atoms with van der Waals surface area (Å²) in [7, 11) is 0. The number of carbonyl (C=O) groups excluding carboxylic acids is 1. The molecular weight excluding hydrogens is 266 g/mol. The molecule has 1 aliphatic rings. The molecule has 0 heterocycles. The quantitative estimate of drug-likeness (QED) is 0.781. The van der Waals surface area contributed by atoms with E-state index < -0.39 is 5.60 Å². The summed E-state index contributed by atoms with van der Waals surface area (Å²) in [4.78, 5) is 12.2. The molecule has 3 N–H and O–H groups in total. The Morgan fingerprint density at radius 2 is 1.95 bits per heavy atom. The number of carbonyl (C=O) groups is 1. The molecule has 1 aromatic rings. The minimum atomic E-state index is -0.848. The topological polar surface area (TPSA) is 69.6 Å². The van der Waals surface area contributed by atoms with Gasteiger partial charge < -0.3 is 15.5 Å².